The molecule has 2 heterocycles. The second-order valence-corrected chi connectivity index (χ2v) is 5.47. The summed E-state index contributed by atoms with van der Waals surface area (Å²) in [7, 11) is 0. The zero-order chi connectivity index (χ0) is 13.5. The highest BCUT2D eigenvalue weighted by molar-refractivity contribution is 6.30. The van der Waals surface area contributed by atoms with E-state index in [1.807, 2.05) is 42.5 Å². The molecule has 2 aliphatic rings. The van der Waals surface area contributed by atoms with Gasteiger partial charge in [-0.25, -0.2) is 0 Å². The van der Waals surface area contributed by atoms with Crippen molar-refractivity contribution in [3.05, 3.63) is 59.1 Å². The summed E-state index contributed by atoms with van der Waals surface area (Å²) in [5.74, 6) is 0.907. The maximum Gasteiger partial charge on any atom is 0.144 e. The molecule has 2 aromatic rings. The van der Waals surface area contributed by atoms with Crippen LogP contribution < -0.4 is 9.75 Å². The SMILES string of the molecule is Clc1ccc(C2=NN3c4ccccc4OCC3C2)cc1. The van der Waals surface area contributed by atoms with Crippen LogP contribution in [0.25, 0.3) is 0 Å². The van der Waals surface area contributed by atoms with Gasteiger partial charge in [0.2, 0.25) is 0 Å². The Morgan fingerprint density at radius 2 is 1.90 bits per heavy atom. The number of para-hydroxylation sites is 2. The predicted molar refractivity (Wildman–Crippen MR) is 80.8 cm³/mol. The van der Waals surface area contributed by atoms with Crippen LogP contribution in [0.5, 0.6) is 5.75 Å². The van der Waals surface area contributed by atoms with Crippen LogP contribution >= 0.6 is 11.6 Å². The Hall–Kier alpha value is -2.00. The van der Waals surface area contributed by atoms with E-state index in [0.717, 1.165) is 34.2 Å². The van der Waals surface area contributed by atoms with E-state index >= 15 is 0 Å². The predicted octanol–water partition coefficient (Wildman–Crippen LogP) is 3.72. The fourth-order valence-electron chi connectivity index (χ4n) is 2.71. The van der Waals surface area contributed by atoms with E-state index in [1.165, 1.54) is 0 Å². The van der Waals surface area contributed by atoms with Crippen molar-refractivity contribution in [2.24, 2.45) is 5.10 Å². The van der Waals surface area contributed by atoms with Crippen LogP contribution in [0.1, 0.15) is 12.0 Å². The molecule has 0 aromatic heterocycles. The monoisotopic (exact) mass is 284 g/mol. The molecule has 0 bridgehead atoms. The van der Waals surface area contributed by atoms with Crippen molar-refractivity contribution in [3.63, 3.8) is 0 Å². The van der Waals surface area contributed by atoms with Crippen LogP contribution in [0.3, 0.4) is 0 Å². The molecule has 2 aliphatic heterocycles. The van der Waals surface area contributed by atoms with E-state index in [-0.39, 0.29) is 6.04 Å². The molecule has 4 heteroatoms. The third kappa shape index (κ3) is 1.86. The van der Waals surface area contributed by atoms with Gasteiger partial charge >= 0.3 is 0 Å². The molecule has 3 nitrogen and oxygen atoms in total. The maximum atomic E-state index is 5.94. The standard InChI is InChI=1S/C16H13ClN2O/c17-12-7-5-11(6-8-12)14-9-13-10-20-16-4-2-1-3-15(16)19(13)18-14/h1-8,13H,9-10H2. The Morgan fingerprint density at radius 3 is 2.75 bits per heavy atom. The normalized spacial score (nSPS) is 19.9. The third-order valence-electron chi connectivity index (χ3n) is 3.72. The molecule has 0 fully saturated rings. The van der Waals surface area contributed by atoms with Crippen LogP contribution in [-0.4, -0.2) is 18.4 Å². The molecular weight excluding hydrogens is 272 g/mol. The minimum absolute atomic E-state index is 0.288. The Kier molecular flexibility index (Phi) is 2.67. The number of ether oxygens (including phenoxy) is 1. The largest absolute Gasteiger partial charge is 0.489 e. The summed E-state index contributed by atoms with van der Waals surface area (Å²) in [5.41, 5.74) is 3.26. The lowest BCUT2D eigenvalue weighted by Gasteiger charge is -2.30. The van der Waals surface area contributed by atoms with Gasteiger partial charge in [-0.05, 0) is 29.8 Å². The third-order valence-corrected chi connectivity index (χ3v) is 3.98. The van der Waals surface area contributed by atoms with Crippen LogP contribution in [0, 0.1) is 0 Å². The molecule has 1 atom stereocenters. The van der Waals surface area contributed by atoms with Crippen molar-refractivity contribution in [1.82, 2.24) is 0 Å². The molecule has 20 heavy (non-hydrogen) atoms. The van der Waals surface area contributed by atoms with Crippen molar-refractivity contribution < 1.29 is 4.74 Å². The molecule has 0 N–H and O–H groups in total. The minimum atomic E-state index is 0.288. The lowest BCUT2D eigenvalue weighted by atomic mass is 10.0. The molecule has 2 aromatic carbocycles. The highest BCUT2D eigenvalue weighted by Gasteiger charge is 2.33. The zero-order valence-electron chi connectivity index (χ0n) is 10.8. The molecule has 0 spiro atoms. The number of hydrogen-bond acceptors (Lipinski definition) is 3. The summed E-state index contributed by atoms with van der Waals surface area (Å²) in [5, 5.41) is 7.61. The van der Waals surface area contributed by atoms with E-state index in [1.54, 1.807) is 0 Å². The number of anilines is 1. The summed E-state index contributed by atoms with van der Waals surface area (Å²) in [6, 6.07) is 16.2. The maximum absolute atomic E-state index is 5.94. The van der Waals surface area contributed by atoms with Gasteiger partial charge in [0.15, 0.2) is 0 Å². The van der Waals surface area contributed by atoms with Gasteiger partial charge in [0.05, 0.1) is 11.8 Å². The van der Waals surface area contributed by atoms with Gasteiger partial charge in [-0.3, -0.25) is 5.01 Å². The summed E-state index contributed by atoms with van der Waals surface area (Å²) in [6.07, 6.45) is 0.899. The van der Waals surface area contributed by atoms with Crippen molar-refractivity contribution in [1.29, 1.82) is 0 Å². The number of benzene rings is 2. The van der Waals surface area contributed by atoms with Gasteiger partial charge in [0.25, 0.3) is 0 Å². The van der Waals surface area contributed by atoms with E-state index < -0.39 is 0 Å². The van der Waals surface area contributed by atoms with E-state index in [2.05, 4.69) is 11.1 Å². The van der Waals surface area contributed by atoms with Crippen molar-refractivity contribution in [2.75, 3.05) is 11.6 Å². The summed E-state index contributed by atoms with van der Waals surface area (Å²) >= 11 is 5.94. The van der Waals surface area contributed by atoms with Crippen molar-refractivity contribution in [2.45, 2.75) is 12.5 Å². The average molecular weight is 285 g/mol. The minimum Gasteiger partial charge on any atom is -0.489 e. The van der Waals surface area contributed by atoms with Gasteiger partial charge in [0, 0.05) is 11.4 Å². The van der Waals surface area contributed by atoms with Gasteiger partial charge in [-0.15, -0.1) is 0 Å². The van der Waals surface area contributed by atoms with Crippen molar-refractivity contribution >= 4 is 23.0 Å². The molecule has 0 amide bonds. The second-order valence-electron chi connectivity index (χ2n) is 5.03. The number of fused-ring (bicyclic) bond motifs is 3. The number of hydrogen-bond donors (Lipinski definition) is 0. The number of hydrazone groups is 1. The summed E-state index contributed by atoms with van der Waals surface area (Å²) < 4.78 is 5.80. The fourth-order valence-corrected chi connectivity index (χ4v) is 2.84. The molecule has 1 unspecified atom stereocenters. The summed E-state index contributed by atoms with van der Waals surface area (Å²) in [4.78, 5) is 0. The molecule has 4 rings (SSSR count). The molecule has 0 radical (unpaired) electrons. The van der Waals surface area contributed by atoms with E-state index in [0.29, 0.717) is 6.61 Å². The quantitative estimate of drug-likeness (QED) is 0.797. The van der Waals surface area contributed by atoms with Crippen LogP contribution in [0.15, 0.2) is 53.6 Å². The van der Waals surface area contributed by atoms with E-state index in [4.69, 9.17) is 21.4 Å². The topological polar surface area (TPSA) is 24.8 Å². The Balaban J connectivity index is 1.72. The first kappa shape index (κ1) is 11.8. The molecule has 0 saturated carbocycles. The number of nitrogens with zero attached hydrogens (tertiary/aromatic N) is 2. The van der Waals surface area contributed by atoms with Gasteiger partial charge < -0.3 is 4.74 Å². The Morgan fingerprint density at radius 1 is 1.10 bits per heavy atom. The first-order valence-electron chi connectivity index (χ1n) is 6.66. The Bertz CT molecular complexity index is 681. The molecule has 0 saturated heterocycles. The van der Waals surface area contributed by atoms with Gasteiger partial charge in [-0.2, -0.15) is 5.10 Å². The fraction of sp³-hybridized carbons (Fsp3) is 0.188. The van der Waals surface area contributed by atoms with E-state index in [9.17, 15) is 0 Å². The average Bonchev–Trinajstić information content (AvgIpc) is 2.92. The lowest BCUT2D eigenvalue weighted by Crippen LogP contribution is -2.36. The first-order valence-corrected chi connectivity index (χ1v) is 7.03. The van der Waals surface area contributed by atoms with Crippen LogP contribution in [0.2, 0.25) is 5.02 Å². The van der Waals surface area contributed by atoms with Gasteiger partial charge in [-0.1, -0.05) is 35.9 Å². The molecule has 100 valence electrons. The highest BCUT2D eigenvalue weighted by Crippen LogP contribution is 2.37. The van der Waals surface area contributed by atoms with Gasteiger partial charge in [0.1, 0.15) is 18.0 Å². The molecular formula is C16H13ClN2O. The van der Waals surface area contributed by atoms with Crippen LogP contribution in [0.4, 0.5) is 5.69 Å². The molecule has 0 aliphatic carbocycles. The number of halogens is 1. The van der Waals surface area contributed by atoms with Crippen molar-refractivity contribution in [3.8, 4) is 5.75 Å². The zero-order valence-corrected chi connectivity index (χ0v) is 11.5. The second kappa shape index (κ2) is 4.53. The lowest BCUT2D eigenvalue weighted by molar-refractivity contribution is 0.271. The first-order chi connectivity index (χ1) is 9.81. The smallest absolute Gasteiger partial charge is 0.144 e. The van der Waals surface area contributed by atoms with Crippen LogP contribution in [-0.2, 0) is 0 Å². The number of rotatable bonds is 1. The summed E-state index contributed by atoms with van der Waals surface area (Å²) in [6.45, 7) is 0.678. The highest BCUT2D eigenvalue weighted by atomic mass is 35.5. The Labute approximate surface area is 122 Å².